The summed E-state index contributed by atoms with van der Waals surface area (Å²) in [4.78, 5) is 16.0. The highest BCUT2D eigenvalue weighted by atomic mass is 35.5. The van der Waals surface area contributed by atoms with E-state index in [1.807, 2.05) is 0 Å². The van der Waals surface area contributed by atoms with E-state index in [4.69, 9.17) is 69.6 Å². The summed E-state index contributed by atoms with van der Waals surface area (Å²) in [5.74, 6) is 0. The molecule has 0 amide bonds. The van der Waals surface area contributed by atoms with Gasteiger partial charge in [0.05, 0.1) is 35.8 Å². The van der Waals surface area contributed by atoms with Gasteiger partial charge in [0.25, 0.3) is 0 Å². The number of carbonyl (C=O) groups excluding carboxylic acids is 1. The topological polar surface area (TPSA) is 30.0 Å². The van der Waals surface area contributed by atoms with Gasteiger partial charge in [0.2, 0.25) is 0 Å². The van der Waals surface area contributed by atoms with Gasteiger partial charge in [-0.1, -0.05) is 69.6 Å². The molecule has 1 aromatic heterocycles. The van der Waals surface area contributed by atoms with Gasteiger partial charge in [0.1, 0.15) is 0 Å². The van der Waals surface area contributed by atoms with Crippen molar-refractivity contribution < 1.29 is 4.79 Å². The fraction of sp³-hybridized carbons (Fsp3) is 0. The number of carbonyl (C=O) groups is 1. The van der Waals surface area contributed by atoms with Crippen molar-refractivity contribution in [2.45, 2.75) is 0 Å². The summed E-state index contributed by atoms with van der Waals surface area (Å²) < 4.78 is 0. The minimum Gasteiger partial charge on any atom is -0.298 e. The van der Waals surface area contributed by atoms with Crippen molar-refractivity contribution in [2.75, 3.05) is 0 Å². The van der Waals surface area contributed by atoms with Crippen LogP contribution in [0.5, 0.6) is 0 Å². The van der Waals surface area contributed by atoms with E-state index < -0.39 is 0 Å². The molecule has 2 aromatic carbocycles. The van der Waals surface area contributed by atoms with Crippen LogP contribution in [-0.4, -0.2) is 11.3 Å². The van der Waals surface area contributed by atoms with Gasteiger partial charge in [-0.05, 0) is 30.3 Å². The normalized spacial score (nSPS) is 10.8. The first kappa shape index (κ1) is 19.8. The van der Waals surface area contributed by atoms with Gasteiger partial charge < -0.3 is 0 Å². The predicted octanol–water partition coefficient (Wildman–Crippen LogP) is 8.15. The maximum atomic E-state index is 11.6. The van der Waals surface area contributed by atoms with Crippen LogP contribution in [0.15, 0.2) is 36.5 Å². The van der Waals surface area contributed by atoms with E-state index in [1.165, 1.54) is 12.1 Å². The third-order valence-electron chi connectivity index (χ3n) is 3.63. The van der Waals surface area contributed by atoms with Crippen LogP contribution in [-0.2, 0) is 0 Å². The molecule has 0 saturated heterocycles. The van der Waals surface area contributed by atoms with E-state index in [1.54, 1.807) is 24.4 Å². The average molecular weight is 466 g/mol. The number of hydrogen-bond acceptors (Lipinski definition) is 2. The molecule has 0 fully saturated rings. The van der Waals surface area contributed by atoms with Crippen LogP contribution >= 0.6 is 69.6 Å². The number of pyridine rings is 1. The first-order valence-electron chi connectivity index (χ1n) is 7.07. The second-order valence-electron chi connectivity index (χ2n) is 5.27. The predicted molar refractivity (Wildman–Crippen MR) is 111 cm³/mol. The lowest BCUT2D eigenvalue weighted by molar-refractivity contribution is 0.112. The third kappa shape index (κ3) is 3.82. The van der Waals surface area contributed by atoms with Gasteiger partial charge in [0, 0.05) is 28.5 Å². The summed E-state index contributed by atoms with van der Waals surface area (Å²) in [7, 11) is 0. The maximum absolute atomic E-state index is 11.6. The molecule has 0 aliphatic heterocycles. The molecule has 132 valence electrons. The number of rotatable bonds is 3. The quantitative estimate of drug-likeness (QED) is 0.288. The summed E-state index contributed by atoms with van der Waals surface area (Å²) in [5, 5.41) is 2.01. The van der Waals surface area contributed by atoms with Crippen LogP contribution in [0.4, 0.5) is 0 Å². The number of aldehydes is 1. The second-order valence-corrected chi connectivity index (χ2v) is 7.72. The molecule has 0 aliphatic rings. The minimum atomic E-state index is 0.307. The van der Waals surface area contributed by atoms with Crippen molar-refractivity contribution in [3.8, 4) is 22.4 Å². The lowest BCUT2D eigenvalue weighted by Gasteiger charge is -2.11. The number of hydrogen-bond donors (Lipinski definition) is 0. The second kappa shape index (κ2) is 7.93. The van der Waals surface area contributed by atoms with E-state index >= 15 is 0 Å². The number of halogens is 6. The third-order valence-corrected chi connectivity index (χ3v) is 5.70. The molecule has 0 saturated carbocycles. The standard InChI is InChI=1S/C18H7Cl6NO/c19-12-4-16(23)14(21)2-10(12)8-1-9(7-26)18(25-6-8)11-3-15(22)17(24)5-13(11)20/h1-7H. The molecule has 2 nitrogen and oxygen atoms in total. The Hall–Kier alpha value is -1.000. The molecule has 0 unspecified atom stereocenters. The van der Waals surface area contributed by atoms with E-state index in [2.05, 4.69) is 4.98 Å². The van der Waals surface area contributed by atoms with Crippen LogP contribution in [0.2, 0.25) is 30.1 Å². The molecule has 3 aromatic rings. The molecule has 3 rings (SSSR count). The molecule has 1 heterocycles. The zero-order chi connectivity index (χ0) is 19.0. The fourth-order valence-electron chi connectivity index (χ4n) is 2.39. The zero-order valence-corrected chi connectivity index (χ0v) is 17.2. The Morgan fingerprint density at radius 3 is 1.73 bits per heavy atom. The van der Waals surface area contributed by atoms with Gasteiger partial charge in [-0.3, -0.25) is 9.78 Å². The van der Waals surface area contributed by atoms with Crippen LogP contribution in [0.3, 0.4) is 0 Å². The van der Waals surface area contributed by atoms with Crippen molar-refractivity contribution >= 4 is 75.9 Å². The Bertz CT molecular complexity index is 1030. The van der Waals surface area contributed by atoms with Gasteiger partial charge in [-0.25, -0.2) is 0 Å². The molecule has 8 heteroatoms. The van der Waals surface area contributed by atoms with E-state index in [0.717, 1.165) is 0 Å². The van der Waals surface area contributed by atoms with Crippen molar-refractivity contribution in [2.24, 2.45) is 0 Å². The lowest BCUT2D eigenvalue weighted by atomic mass is 10.0. The van der Waals surface area contributed by atoms with Crippen molar-refractivity contribution in [3.05, 3.63) is 72.2 Å². The van der Waals surface area contributed by atoms with Crippen molar-refractivity contribution in [1.29, 1.82) is 0 Å². The molecule has 0 spiro atoms. The van der Waals surface area contributed by atoms with E-state index in [0.29, 0.717) is 64.4 Å². The monoisotopic (exact) mass is 463 g/mol. The van der Waals surface area contributed by atoms with Crippen molar-refractivity contribution in [3.63, 3.8) is 0 Å². The van der Waals surface area contributed by atoms with Crippen LogP contribution in [0.1, 0.15) is 10.4 Å². The molecule has 0 atom stereocenters. The van der Waals surface area contributed by atoms with Crippen LogP contribution < -0.4 is 0 Å². The Morgan fingerprint density at radius 1 is 0.654 bits per heavy atom. The van der Waals surface area contributed by atoms with E-state index in [9.17, 15) is 4.79 Å². The Kier molecular flexibility index (Phi) is 6.03. The first-order valence-corrected chi connectivity index (χ1v) is 9.33. The summed E-state index contributed by atoms with van der Waals surface area (Å²) in [6, 6.07) is 7.85. The number of benzene rings is 2. The van der Waals surface area contributed by atoms with Gasteiger partial charge in [-0.15, -0.1) is 0 Å². The highest BCUT2D eigenvalue weighted by molar-refractivity contribution is 6.44. The number of aromatic nitrogens is 1. The minimum absolute atomic E-state index is 0.307. The zero-order valence-electron chi connectivity index (χ0n) is 12.7. The molecule has 0 bridgehead atoms. The highest BCUT2D eigenvalue weighted by Gasteiger charge is 2.16. The first-order chi connectivity index (χ1) is 12.3. The van der Waals surface area contributed by atoms with Gasteiger partial charge >= 0.3 is 0 Å². The van der Waals surface area contributed by atoms with E-state index in [-0.39, 0.29) is 0 Å². The largest absolute Gasteiger partial charge is 0.298 e. The molecular formula is C18H7Cl6NO. The molecule has 0 radical (unpaired) electrons. The van der Waals surface area contributed by atoms with Crippen LogP contribution in [0.25, 0.3) is 22.4 Å². The fourth-order valence-corrected chi connectivity index (χ4v) is 3.68. The van der Waals surface area contributed by atoms with Crippen molar-refractivity contribution in [1.82, 2.24) is 4.98 Å². The maximum Gasteiger partial charge on any atom is 0.152 e. The Balaban J connectivity index is 2.17. The molecule has 26 heavy (non-hydrogen) atoms. The van der Waals surface area contributed by atoms with Crippen LogP contribution in [0, 0.1) is 0 Å². The summed E-state index contributed by atoms with van der Waals surface area (Å²) >= 11 is 36.5. The smallest absolute Gasteiger partial charge is 0.152 e. The average Bonchev–Trinajstić information content (AvgIpc) is 2.61. The van der Waals surface area contributed by atoms with Gasteiger partial charge in [0.15, 0.2) is 6.29 Å². The molecule has 0 aliphatic carbocycles. The summed E-state index contributed by atoms with van der Waals surface area (Å²) in [6.45, 7) is 0. The van der Waals surface area contributed by atoms with Gasteiger partial charge in [-0.2, -0.15) is 0 Å². The molecule has 0 N–H and O–H groups in total. The Morgan fingerprint density at radius 2 is 1.15 bits per heavy atom. The Labute approximate surface area is 179 Å². The number of nitrogens with zero attached hydrogens (tertiary/aromatic N) is 1. The lowest BCUT2D eigenvalue weighted by Crippen LogP contribution is -1.95. The molecular weight excluding hydrogens is 459 g/mol. The SMILES string of the molecule is O=Cc1cc(-c2cc(Cl)c(Cl)cc2Cl)cnc1-c1cc(Cl)c(Cl)cc1Cl. The highest BCUT2D eigenvalue weighted by Crippen LogP contribution is 2.38. The summed E-state index contributed by atoms with van der Waals surface area (Å²) in [5.41, 5.74) is 2.39. The summed E-state index contributed by atoms with van der Waals surface area (Å²) in [6.07, 6.45) is 2.24.